The van der Waals surface area contributed by atoms with Gasteiger partial charge >= 0.3 is 11.3 Å². The second kappa shape index (κ2) is 11.9. The minimum Gasteiger partial charge on any atom is -0.389 e. The largest absolute Gasteiger partial charge is 0.389 e. The van der Waals surface area contributed by atoms with E-state index in [0.717, 1.165) is 5.69 Å². The second-order valence-electron chi connectivity index (χ2n) is 10.6. The van der Waals surface area contributed by atoms with E-state index in [1.54, 1.807) is 30.5 Å². The number of carbonyl (C=O) groups excluding carboxylic acids is 2. The first-order valence-electron chi connectivity index (χ1n) is 12.7. The van der Waals surface area contributed by atoms with Gasteiger partial charge in [-0.2, -0.15) is 13.1 Å². The molecule has 0 spiro atoms. The number of Topliss-reactive ketones (excluding diaryl/α,β-unsaturated/α-hetero) is 2. The Labute approximate surface area is 242 Å². The molecule has 218 valence electrons. The fourth-order valence-corrected chi connectivity index (χ4v) is 5.27. The maximum Gasteiger partial charge on any atom is 0.316 e. The van der Waals surface area contributed by atoms with Crippen LogP contribution in [0.25, 0.3) is 5.65 Å². The highest BCUT2D eigenvalue weighted by molar-refractivity contribution is 7.82. The fraction of sp³-hybridized carbons (Fsp3) is 0.333. The average molecular weight is 601 g/mol. The summed E-state index contributed by atoms with van der Waals surface area (Å²) in [5.41, 5.74) is 3.06. The number of rotatable bonds is 11. The highest BCUT2D eigenvalue weighted by atomic mass is 32.2. The van der Waals surface area contributed by atoms with Crippen LogP contribution >= 0.6 is 0 Å². The van der Waals surface area contributed by atoms with Crippen molar-refractivity contribution in [3.63, 3.8) is 0 Å². The lowest BCUT2D eigenvalue weighted by Gasteiger charge is -2.16. The van der Waals surface area contributed by atoms with Crippen LogP contribution in [0, 0.1) is 6.92 Å². The molecule has 0 fully saturated rings. The van der Waals surface area contributed by atoms with Crippen LogP contribution in [0.3, 0.4) is 0 Å². The summed E-state index contributed by atoms with van der Waals surface area (Å²) in [6.07, 6.45) is 0. The van der Waals surface area contributed by atoms with E-state index in [0.29, 0.717) is 28.3 Å². The summed E-state index contributed by atoms with van der Waals surface area (Å²) in [6.45, 7) is 12.5. The molecule has 0 amide bonds. The predicted octanol–water partition coefficient (Wildman–Crippen LogP) is 4.45. The number of aromatic amines is 1. The quantitative estimate of drug-likeness (QED) is 0.213. The Kier molecular flexibility index (Phi) is 8.75. The van der Waals surface area contributed by atoms with Crippen molar-refractivity contribution in [3.8, 4) is 11.5 Å². The number of fused-ring (bicyclic) bond motifs is 1. The topological polar surface area (TPSA) is 157 Å². The van der Waals surface area contributed by atoms with E-state index < -0.39 is 28.6 Å². The molecule has 4 aromatic rings. The van der Waals surface area contributed by atoms with Crippen LogP contribution in [0.4, 0.5) is 5.69 Å². The van der Waals surface area contributed by atoms with E-state index in [1.165, 1.54) is 38.1 Å². The van der Waals surface area contributed by atoms with Gasteiger partial charge in [0.1, 0.15) is 5.75 Å². The van der Waals surface area contributed by atoms with Crippen molar-refractivity contribution in [2.75, 3.05) is 4.72 Å². The molecule has 0 saturated heterocycles. The molecule has 0 aliphatic heterocycles. The first kappa shape index (κ1) is 30.1. The molecule has 12 nitrogen and oxygen atoms in total. The Morgan fingerprint density at radius 2 is 1.66 bits per heavy atom. The number of hydrogen-bond donors (Lipinski definition) is 3. The highest BCUT2D eigenvalue weighted by Crippen LogP contribution is 2.27. The van der Waals surface area contributed by atoms with Gasteiger partial charge in [-0.1, -0.05) is 32.9 Å². The van der Waals surface area contributed by atoms with Gasteiger partial charge in [-0.3, -0.25) is 19.4 Å². The molecule has 0 aliphatic carbocycles. The highest BCUT2D eigenvalue weighted by Gasteiger charge is 2.23. The van der Waals surface area contributed by atoms with E-state index in [-0.39, 0.29) is 34.0 Å². The van der Waals surface area contributed by atoms with Gasteiger partial charge in [-0.15, -0.1) is 10.2 Å². The molecule has 3 unspecified atom stereocenters. The fourth-order valence-electron chi connectivity index (χ4n) is 3.82. The minimum absolute atomic E-state index is 0.0122. The van der Waals surface area contributed by atoms with E-state index in [1.807, 2.05) is 6.07 Å². The van der Waals surface area contributed by atoms with Gasteiger partial charge in [0.2, 0.25) is 0 Å². The van der Waals surface area contributed by atoms with Crippen LogP contribution < -0.4 is 17.8 Å². The van der Waals surface area contributed by atoms with Crippen molar-refractivity contribution in [1.29, 1.82) is 0 Å². The summed E-state index contributed by atoms with van der Waals surface area (Å²) in [4.78, 5) is 23.7. The van der Waals surface area contributed by atoms with Crippen molar-refractivity contribution in [1.82, 2.24) is 24.5 Å². The maximum absolute atomic E-state index is 12.9. The minimum atomic E-state index is -2.13. The summed E-state index contributed by atoms with van der Waals surface area (Å²) in [5, 5.41) is 11.7. The molecular weight excluding hydrogens is 568 g/mol. The van der Waals surface area contributed by atoms with Gasteiger partial charge in [-0.05, 0) is 51.5 Å². The van der Waals surface area contributed by atoms with Gasteiger partial charge < -0.3 is 8.37 Å². The number of anilines is 1. The molecular formula is C27H32N6O6S2. The zero-order valence-corrected chi connectivity index (χ0v) is 25.4. The molecule has 2 heterocycles. The monoisotopic (exact) mass is 600 g/mol. The standard InChI is InChI=1S/C27H32N6O6S2/c1-15-8-10-20(32-41(37)39-23-12-19(17(3)34)9-11-21(23)18(4)35)13-22(15)38-40(36)31-16(2)26-29-28-25-14-24(27(5,6)7)30-33(25)26/h8-14,16,30-32H,1-7H3. The Morgan fingerprint density at radius 3 is 2.32 bits per heavy atom. The number of H-pyrrole nitrogens is 1. The summed E-state index contributed by atoms with van der Waals surface area (Å²) < 4.78 is 44.0. The third kappa shape index (κ3) is 7.07. The smallest absolute Gasteiger partial charge is 0.316 e. The number of nitrogens with zero attached hydrogens (tertiary/aromatic N) is 3. The third-order valence-electron chi connectivity index (χ3n) is 6.17. The summed E-state index contributed by atoms with van der Waals surface area (Å²) in [7, 11) is 0. The summed E-state index contributed by atoms with van der Waals surface area (Å²) >= 11 is -4.09. The molecule has 41 heavy (non-hydrogen) atoms. The molecule has 0 radical (unpaired) electrons. The predicted molar refractivity (Wildman–Crippen MR) is 156 cm³/mol. The number of nitrogens with one attached hydrogen (secondary N) is 3. The SMILES string of the molecule is CC(=O)c1ccc(C(C)=O)c(OS(=O)Nc2ccc(C)c(OS(=O)NC(C)c3nnc4cc(C(C)(C)C)[nH]n34)c2)c1. The zero-order chi connectivity index (χ0) is 30.1. The van der Waals surface area contributed by atoms with E-state index in [4.69, 9.17) is 8.37 Å². The maximum atomic E-state index is 12.9. The number of aromatic nitrogens is 4. The zero-order valence-electron chi connectivity index (χ0n) is 23.7. The molecule has 0 aliphatic rings. The van der Waals surface area contributed by atoms with Crippen LogP contribution in [0.2, 0.25) is 0 Å². The van der Waals surface area contributed by atoms with E-state index in [9.17, 15) is 18.0 Å². The number of aryl methyl sites for hydroxylation is 1. The summed E-state index contributed by atoms with van der Waals surface area (Å²) in [5.74, 6) is 0.287. The molecule has 3 N–H and O–H groups in total. The molecule has 0 saturated carbocycles. The first-order valence-corrected chi connectivity index (χ1v) is 14.8. The third-order valence-corrected chi connectivity index (χ3v) is 7.79. The van der Waals surface area contributed by atoms with Crippen LogP contribution in [0.5, 0.6) is 11.5 Å². The number of ketones is 2. The Bertz CT molecular complexity index is 1670. The number of benzene rings is 2. The van der Waals surface area contributed by atoms with Crippen LogP contribution in [0.15, 0.2) is 42.5 Å². The van der Waals surface area contributed by atoms with Crippen molar-refractivity contribution in [3.05, 3.63) is 70.7 Å². The van der Waals surface area contributed by atoms with Crippen LogP contribution in [-0.4, -0.2) is 39.8 Å². The lowest BCUT2D eigenvalue weighted by atomic mass is 9.93. The normalized spacial score (nSPS) is 13.9. The van der Waals surface area contributed by atoms with Crippen molar-refractivity contribution < 1.29 is 26.4 Å². The molecule has 2 aromatic heterocycles. The summed E-state index contributed by atoms with van der Waals surface area (Å²) in [6, 6.07) is 10.6. The van der Waals surface area contributed by atoms with Crippen molar-refractivity contribution >= 4 is 45.4 Å². The second-order valence-corrected chi connectivity index (χ2v) is 12.3. The molecule has 0 bridgehead atoms. The van der Waals surface area contributed by atoms with Gasteiger partial charge in [0.15, 0.2) is 28.8 Å². The lowest BCUT2D eigenvalue weighted by Crippen LogP contribution is -2.27. The molecule has 2 aromatic carbocycles. The number of carbonyl (C=O) groups is 2. The number of hydrogen-bond acceptors (Lipinski definition) is 8. The first-order chi connectivity index (χ1) is 19.2. The van der Waals surface area contributed by atoms with Crippen LogP contribution in [-0.2, 0) is 27.9 Å². The Morgan fingerprint density at radius 1 is 0.951 bits per heavy atom. The molecule has 3 atom stereocenters. The van der Waals surface area contributed by atoms with Crippen molar-refractivity contribution in [2.45, 2.75) is 59.9 Å². The van der Waals surface area contributed by atoms with Gasteiger partial charge in [0.25, 0.3) is 11.3 Å². The Balaban J connectivity index is 1.44. The van der Waals surface area contributed by atoms with Crippen LogP contribution in [0.1, 0.15) is 85.4 Å². The van der Waals surface area contributed by atoms with Gasteiger partial charge in [0, 0.05) is 28.8 Å². The molecule has 4 rings (SSSR count). The van der Waals surface area contributed by atoms with Gasteiger partial charge in [-0.25, -0.2) is 4.52 Å². The van der Waals surface area contributed by atoms with Gasteiger partial charge in [0.05, 0.1) is 17.3 Å². The van der Waals surface area contributed by atoms with E-state index >= 15 is 0 Å². The van der Waals surface area contributed by atoms with E-state index in [2.05, 4.69) is 45.5 Å². The average Bonchev–Trinajstić information content (AvgIpc) is 3.47. The Hall–Kier alpha value is -3.88. The lowest BCUT2D eigenvalue weighted by molar-refractivity contribution is 0.1000. The van der Waals surface area contributed by atoms with Crippen molar-refractivity contribution in [2.24, 2.45) is 0 Å². The molecule has 14 heteroatoms.